The van der Waals surface area contributed by atoms with E-state index < -0.39 is 26.6 Å². The number of thioether (sulfide) groups is 1. The summed E-state index contributed by atoms with van der Waals surface area (Å²) < 4.78 is 54.0. The lowest BCUT2D eigenvalue weighted by Gasteiger charge is -2.32. The Morgan fingerprint density at radius 1 is 1.28 bits per heavy atom. The molecule has 0 radical (unpaired) electrons. The molecule has 1 aromatic heterocycles. The minimum Gasteiger partial charge on any atom is -0.339 e. The Bertz CT molecular complexity index is 994. The maximum absolute atomic E-state index is 13.8. The van der Waals surface area contributed by atoms with Crippen LogP contribution < -0.4 is 4.72 Å². The highest BCUT2D eigenvalue weighted by molar-refractivity contribution is 7.98. The van der Waals surface area contributed by atoms with E-state index in [1.807, 2.05) is 6.26 Å². The van der Waals surface area contributed by atoms with Crippen LogP contribution in [-0.2, 0) is 10.0 Å². The number of amides is 1. The molecule has 1 fully saturated rings. The second kappa shape index (κ2) is 9.19. The summed E-state index contributed by atoms with van der Waals surface area (Å²) in [4.78, 5) is 18.0. The van der Waals surface area contributed by atoms with Gasteiger partial charge in [-0.05, 0) is 55.3 Å². The zero-order valence-corrected chi connectivity index (χ0v) is 17.4. The van der Waals surface area contributed by atoms with Crippen LogP contribution >= 0.6 is 11.8 Å². The number of hydrogen-bond donors (Lipinski definition) is 1. The lowest BCUT2D eigenvalue weighted by molar-refractivity contribution is 0.0687. The molecule has 1 aliphatic heterocycles. The van der Waals surface area contributed by atoms with Gasteiger partial charge in [0.05, 0.1) is 5.56 Å². The zero-order chi connectivity index (χ0) is 21.0. The van der Waals surface area contributed by atoms with Gasteiger partial charge in [-0.15, -0.1) is 11.8 Å². The highest BCUT2D eigenvalue weighted by Crippen LogP contribution is 2.23. The van der Waals surface area contributed by atoms with Crippen LogP contribution in [0.25, 0.3) is 0 Å². The van der Waals surface area contributed by atoms with Crippen molar-refractivity contribution in [3.63, 3.8) is 0 Å². The van der Waals surface area contributed by atoms with E-state index in [1.54, 1.807) is 23.2 Å². The Morgan fingerprint density at radius 2 is 2.00 bits per heavy atom. The van der Waals surface area contributed by atoms with E-state index in [-0.39, 0.29) is 18.4 Å². The summed E-state index contributed by atoms with van der Waals surface area (Å²) in [5.74, 6) is -1.92. The first-order valence-electron chi connectivity index (χ1n) is 9.05. The van der Waals surface area contributed by atoms with Crippen molar-refractivity contribution in [1.29, 1.82) is 0 Å². The summed E-state index contributed by atoms with van der Waals surface area (Å²) in [7, 11) is -4.15. The number of sulfonamides is 1. The smallest absolute Gasteiger partial charge is 0.256 e. The Hall–Kier alpha value is -2.04. The SMILES string of the molecule is CSc1ncccc1C(=O)N1CCC(CNS(=O)(=O)c2cc(F)ccc2F)CC1. The molecule has 1 N–H and O–H groups in total. The van der Waals surface area contributed by atoms with Gasteiger partial charge in [-0.3, -0.25) is 4.79 Å². The van der Waals surface area contributed by atoms with Gasteiger partial charge in [0.15, 0.2) is 0 Å². The number of rotatable bonds is 6. The van der Waals surface area contributed by atoms with Crippen LogP contribution in [0.5, 0.6) is 0 Å². The summed E-state index contributed by atoms with van der Waals surface area (Å²) in [6.07, 6.45) is 4.71. The minimum absolute atomic E-state index is 0.000589. The molecule has 1 aliphatic rings. The van der Waals surface area contributed by atoms with Crippen molar-refractivity contribution in [2.24, 2.45) is 5.92 Å². The molecule has 2 heterocycles. The molecule has 0 bridgehead atoms. The second-order valence-corrected chi connectivity index (χ2v) is 9.25. The van der Waals surface area contributed by atoms with Gasteiger partial charge in [0.25, 0.3) is 5.91 Å². The summed E-state index contributed by atoms with van der Waals surface area (Å²) in [5.41, 5.74) is 0.556. The average Bonchev–Trinajstić information content (AvgIpc) is 2.73. The van der Waals surface area contributed by atoms with Gasteiger partial charge < -0.3 is 4.90 Å². The third-order valence-electron chi connectivity index (χ3n) is 4.84. The topological polar surface area (TPSA) is 79.4 Å². The van der Waals surface area contributed by atoms with Crippen LogP contribution in [-0.4, -0.2) is 50.1 Å². The molecule has 2 aromatic rings. The first-order chi connectivity index (χ1) is 13.8. The maximum atomic E-state index is 13.8. The van der Waals surface area contributed by atoms with Crippen LogP contribution in [0.3, 0.4) is 0 Å². The molecular weight excluding hydrogens is 420 g/mol. The van der Waals surface area contributed by atoms with Gasteiger partial charge in [0, 0.05) is 25.8 Å². The molecule has 6 nitrogen and oxygen atoms in total. The highest BCUT2D eigenvalue weighted by atomic mass is 32.2. The lowest BCUT2D eigenvalue weighted by Crippen LogP contribution is -2.41. The lowest BCUT2D eigenvalue weighted by atomic mass is 9.97. The fourth-order valence-electron chi connectivity index (χ4n) is 3.22. The number of carbonyl (C=O) groups excluding carboxylic acids is 1. The third-order valence-corrected chi connectivity index (χ3v) is 6.99. The normalized spacial score (nSPS) is 15.5. The first kappa shape index (κ1) is 21.7. The predicted octanol–water partition coefficient (Wildman–Crippen LogP) is 2.91. The number of halogens is 2. The number of nitrogens with one attached hydrogen (secondary N) is 1. The van der Waals surface area contributed by atoms with Gasteiger partial charge in [-0.25, -0.2) is 26.9 Å². The van der Waals surface area contributed by atoms with Crippen molar-refractivity contribution in [3.05, 3.63) is 53.7 Å². The molecule has 1 saturated heterocycles. The molecule has 156 valence electrons. The van der Waals surface area contributed by atoms with Crippen LogP contribution in [0.4, 0.5) is 8.78 Å². The van der Waals surface area contributed by atoms with E-state index in [1.165, 1.54) is 11.8 Å². The zero-order valence-electron chi connectivity index (χ0n) is 15.8. The monoisotopic (exact) mass is 441 g/mol. The molecule has 0 saturated carbocycles. The summed E-state index contributed by atoms with van der Waals surface area (Å²) in [5, 5.41) is 0.671. The quantitative estimate of drug-likeness (QED) is 0.698. The van der Waals surface area contributed by atoms with E-state index in [0.717, 1.165) is 12.1 Å². The molecule has 0 spiro atoms. The fourth-order valence-corrected chi connectivity index (χ4v) is 4.96. The summed E-state index contributed by atoms with van der Waals surface area (Å²) in [6.45, 7) is 1.08. The Kier molecular flexibility index (Phi) is 6.86. The van der Waals surface area contributed by atoms with Crippen molar-refractivity contribution in [2.45, 2.75) is 22.8 Å². The fraction of sp³-hybridized carbons (Fsp3) is 0.368. The van der Waals surface area contributed by atoms with E-state index >= 15 is 0 Å². The van der Waals surface area contributed by atoms with Gasteiger partial charge in [-0.2, -0.15) is 0 Å². The van der Waals surface area contributed by atoms with Crippen LogP contribution in [0.1, 0.15) is 23.2 Å². The number of likely N-dealkylation sites (tertiary alicyclic amines) is 1. The van der Waals surface area contributed by atoms with E-state index in [2.05, 4.69) is 9.71 Å². The molecule has 3 rings (SSSR count). The van der Waals surface area contributed by atoms with Crippen LogP contribution in [0.15, 0.2) is 46.5 Å². The van der Waals surface area contributed by atoms with E-state index in [4.69, 9.17) is 0 Å². The largest absolute Gasteiger partial charge is 0.339 e. The molecular formula is C19H21F2N3O3S2. The molecule has 0 aliphatic carbocycles. The number of hydrogen-bond acceptors (Lipinski definition) is 5. The number of aromatic nitrogens is 1. The van der Waals surface area contributed by atoms with Gasteiger partial charge in [-0.1, -0.05) is 0 Å². The Morgan fingerprint density at radius 3 is 2.69 bits per heavy atom. The van der Waals surface area contributed by atoms with Gasteiger partial charge >= 0.3 is 0 Å². The number of pyridine rings is 1. The summed E-state index contributed by atoms with van der Waals surface area (Å²) >= 11 is 1.41. The van der Waals surface area contributed by atoms with Crippen molar-refractivity contribution in [1.82, 2.24) is 14.6 Å². The molecule has 29 heavy (non-hydrogen) atoms. The average molecular weight is 442 g/mol. The molecule has 0 atom stereocenters. The summed E-state index contributed by atoms with van der Waals surface area (Å²) in [6, 6.07) is 5.78. The number of benzene rings is 1. The van der Waals surface area contributed by atoms with E-state index in [9.17, 15) is 22.0 Å². The molecule has 1 aromatic carbocycles. The van der Waals surface area contributed by atoms with Gasteiger partial charge in [0.2, 0.25) is 10.0 Å². The van der Waals surface area contributed by atoms with Gasteiger partial charge in [0.1, 0.15) is 21.6 Å². The number of nitrogens with zero attached hydrogens (tertiary/aromatic N) is 2. The van der Waals surface area contributed by atoms with Crippen molar-refractivity contribution >= 4 is 27.7 Å². The molecule has 10 heteroatoms. The Labute approximate surface area is 172 Å². The Balaban J connectivity index is 1.57. The van der Waals surface area contributed by atoms with Crippen molar-refractivity contribution in [2.75, 3.05) is 25.9 Å². The third kappa shape index (κ3) is 5.12. The molecule has 0 unspecified atom stereocenters. The van der Waals surface area contributed by atoms with Crippen molar-refractivity contribution in [3.8, 4) is 0 Å². The second-order valence-electron chi connectivity index (χ2n) is 6.72. The van der Waals surface area contributed by atoms with Crippen LogP contribution in [0.2, 0.25) is 0 Å². The standard InChI is InChI=1S/C19H21F2N3O3S2/c1-28-18-15(3-2-8-22-18)19(25)24-9-6-13(7-10-24)12-23-29(26,27)17-11-14(20)4-5-16(17)21/h2-5,8,11,13,23H,6-7,9-10,12H2,1H3. The van der Waals surface area contributed by atoms with Crippen LogP contribution in [0, 0.1) is 17.6 Å². The molecule has 1 amide bonds. The van der Waals surface area contributed by atoms with E-state index in [0.29, 0.717) is 42.6 Å². The van der Waals surface area contributed by atoms with Crippen molar-refractivity contribution < 1.29 is 22.0 Å². The maximum Gasteiger partial charge on any atom is 0.256 e. The minimum atomic E-state index is -4.15. The number of carbonyl (C=O) groups is 1. The predicted molar refractivity (Wildman–Crippen MR) is 106 cm³/mol. The first-order valence-corrected chi connectivity index (χ1v) is 11.8. The highest BCUT2D eigenvalue weighted by Gasteiger charge is 2.27. The number of piperidine rings is 1.